The second-order valence-electron chi connectivity index (χ2n) is 9.39. The molecule has 7 nitrogen and oxygen atoms in total. The minimum Gasteiger partial charge on any atom is -0.507 e. The van der Waals surface area contributed by atoms with Crippen molar-refractivity contribution in [3.05, 3.63) is 95.1 Å². The largest absolute Gasteiger partial charge is 0.507 e. The zero-order valence-corrected chi connectivity index (χ0v) is 22.1. The van der Waals surface area contributed by atoms with Crippen LogP contribution in [-0.2, 0) is 16.1 Å². The third-order valence-corrected chi connectivity index (χ3v) is 6.20. The Morgan fingerprint density at radius 3 is 2.26 bits per heavy atom. The molecule has 0 spiro atoms. The number of rotatable bonds is 10. The Morgan fingerprint density at radius 2 is 1.63 bits per heavy atom. The van der Waals surface area contributed by atoms with Crippen LogP contribution in [0, 0.1) is 0 Å². The highest BCUT2D eigenvalue weighted by molar-refractivity contribution is 6.46. The Hall–Kier alpha value is -4.26. The first-order valence-electron chi connectivity index (χ1n) is 12.7. The molecule has 1 unspecified atom stereocenters. The fraction of sp³-hybridized carbons (Fsp3) is 0.290. The maximum absolute atomic E-state index is 13.4. The fourth-order valence-corrected chi connectivity index (χ4v) is 4.43. The van der Waals surface area contributed by atoms with Gasteiger partial charge in [0.2, 0.25) is 0 Å². The van der Waals surface area contributed by atoms with Gasteiger partial charge in [-0.2, -0.15) is 0 Å². The predicted octanol–water partition coefficient (Wildman–Crippen LogP) is 5.89. The molecule has 0 aromatic heterocycles. The van der Waals surface area contributed by atoms with Crippen molar-refractivity contribution < 1.29 is 28.9 Å². The summed E-state index contributed by atoms with van der Waals surface area (Å²) in [5, 5.41) is 11.4. The molecule has 198 valence electrons. The van der Waals surface area contributed by atoms with Crippen molar-refractivity contribution in [3.8, 4) is 17.2 Å². The molecule has 1 heterocycles. The Morgan fingerprint density at radius 1 is 0.947 bits per heavy atom. The number of carbonyl (C=O) groups is 2. The summed E-state index contributed by atoms with van der Waals surface area (Å²) < 4.78 is 16.7. The molecule has 1 aliphatic rings. The summed E-state index contributed by atoms with van der Waals surface area (Å²) in [7, 11) is 1.59. The number of aliphatic hydroxyl groups is 1. The summed E-state index contributed by atoms with van der Waals surface area (Å²) in [6.07, 6.45) is 0.840. The van der Waals surface area contributed by atoms with Gasteiger partial charge >= 0.3 is 0 Å². The van der Waals surface area contributed by atoms with E-state index in [0.29, 0.717) is 35.0 Å². The van der Waals surface area contributed by atoms with Gasteiger partial charge in [0, 0.05) is 12.1 Å². The van der Waals surface area contributed by atoms with Crippen LogP contribution in [0.5, 0.6) is 17.2 Å². The van der Waals surface area contributed by atoms with Crippen molar-refractivity contribution in [2.24, 2.45) is 0 Å². The van der Waals surface area contributed by atoms with E-state index in [1.165, 1.54) is 4.90 Å². The molecule has 0 saturated carbocycles. The average Bonchev–Trinajstić information content (AvgIpc) is 3.17. The number of carbonyl (C=O) groups excluding carboxylic acids is 2. The Kier molecular flexibility index (Phi) is 8.36. The van der Waals surface area contributed by atoms with E-state index in [4.69, 9.17) is 14.2 Å². The maximum atomic E-state index is 13.4. The van der Waals surface area contributed by atoms with Crippen molar-refractivity contribution in [2.45, 2.75) is 45.9 Å². The summed E-state index contributed by atoms with van der Waals surface area (Å²) in [4.78, 5) is 28.2. The van der Waals surface area contributed by atoms with Crippen LogP contribution >= 0.6 is 0 Å². The summed E-state index contributed by atoms with van der Waals surface area (Å²) in [6.45, 7) is 6.60. The lowest BCUT2D eigenvalue weighted by Gasteiger charge is -2.26. The molecule has 1 amide bonds. The van der Waals surface area contributed by atoms with Gasteiger partial charge in [-0.1, -0.05) is 43.3 Å². The molecule has 1 saturated heterocycles. The predicted molar refractivity (Wildman–Crippen MR) is 145 cm³/mol. The number of ketones is 1. The van der Waals surface area contributed by atoms with Crippen LogP contribution in [-0.4, -0.2) is 41.5 Å². The lowest BCUT2D eigenvalue weighted by Crippen LogP contribution is -2.29. The van der Waals surface area contributed by atoms with Gasteiger partial charge in [0.15, 0.2) is 0 Å². The van der Waals surface area contributed by atoms with Gasteiger partial charge in [-0.25, -0.2) is 0 Å². The minimum atomic E-state index is -0.787. The van der Waals surface area contributed by atoms with Crippen LogP contribution < -0.4 is 14.2 Å². The van der Waals surface area contributed by atoms with E-state index >= 15 is 0 Å². The number of likely N-dealkylation sites (tertiary alicyclic amines) is 1. The summed E-state index contributed by atoms with van der Waals surface area (Å²) in [5.74, 6) is 0.302. The molecule has 38 heavy (non-hydrogen) atoms. The van der Waals surface area contributed by atoms with E-state index in [0.717, 1.165) is 12.0 Å². The number of ether oxygens (including phenoxy) is 3. The SMILES string of the molecule is CCCOc1cccc(/C(O)=C2/C(=O)C(=O)N(Cc3ccc(OC)cc3)C2c2ccc(OC(C)C)cc2)c1. The molecule has 1 aliphatic heterocycles. The smallest absolute Gasteiger partial charge is 0.295 e. The third kappa shape index (κ3) is 5.83. The molecule has 1 atom stereocenters. The molecular weight excluding hydrogens is 482 g/mol. The number of aliphatic hydroxyl groups excluding tert-OH is 1. The number of hydrogen-bond acceptors (Lipinski definition) is 6. The van der Waals surface area contributed by atoms with Gasteiger partial charge < -0.3 is 24.2 Å². The summed E-state index contributed by atoms with van der Waals surface area (Å²) in [6, 6.07) is 20.7. The Bertz CT molecular complexity index is 1310. The lowest BCUT2D eigenvalue weighted by atomic mass is 9.95. The minimum absolute atomic E-state index is 0.00348. The first kappa shape index (κ1) is 26.8. The molecule has 4 rings (SSSR count). The lowest BCUT2D eigenvalue weighted by molar-refractivity contribution is -0.140. The van der Waals surface area contributed by atoms with Crippen LogP contribution in [0.2, 0.25) is 0 Å². The summed E-state index contributed by atoms with van der Waals surface area (Å²) in [5.41, 5.74) is 1.96. The van der Waals surface area contributed by atoms with E-state index in [2.05, 4.69) is 0 Å². The molecule has 1 fully saturated rings. The van der Waals surface area contributed by atoms with Crippen molar-refractivity contribution in [3.63, 3.8) is 0 Å². The van der Waals surface area contributed by atoms with E-state index in [9.17, 15) is 14.7 Å². The maximum Gasteiger partial charge on any atom is 0.295 e. The molecule has 1 N–H and O–H groups in total. The number of hydrogen-bond donors (Lipinski definition) is 1. The highest BCUT2D eigenvalue weighted by Crippen LogP contribution is 2.41. The Balaban J connectivity index is 1.78. The molecule has 3 aromatic rings. The second kappa shape index (κ2) is 11.9. The van der Waals surface area contributed by atoms with Crippen molar-refractivity contribution >= 4 is 17.4 Å². The van der Waals surface area contributed by atoms with E-state index in [1.54, 1.807) is 43.5 Å². The first-order chi connectivity index (χ1) is 18.3. The highest BCUT2D eigenvalue weighted by Gasteiger charge is 2.46. The van der Waals surface area contributed by atoms with Crippen LogP contribution in [0.25, 0.3) is 5.76 Å². The van der Waals surface area contributed by atoms with Crippen LogP contribution in [0.3, 0.4) is 0 Å². The average molecular weight is 516 g/mol. The van der Waals surface area contributed by atoms with Crippen LogP contribution in [0.1, 0.15) is 49.9 Å². The van der Waals surface area contributed by atoms with Gasteiger partial charge in [-0.05, 0) is 67.8 Å². The molecule has 0 bridgehead atoms. The quantitative estimate of drug-likeness (QED) is 0.206. The first-order valence-corrected chi connectivity index (χ1v) is 12.7. The van der Waals surface area contributed by atoms with Gasteiger partial charge in [0.1, 0.15) is 23.0 Å². The number of methoxy groups -OCH3 is 1. The zero-order chi connectivity index (χ0) is 27.2. The topological polar surface area (TPSA) is 85.3 Å². The highest BCUT2D eigenvalue weighted by atomic mass is 16.5. The number of Topliss-reactive ketones (excluding diaryl/α,β-unsaturated/α-hetero) is 1. The molecule has 0 radical (unpaired) electrons. The number of benzene rings is 3. The monoisotopic (exact) mass is 515 g/mol. The van der Waals surface area contributed by atoms with Crippen LogP contribution in [0.15, 0.2) is 78.4 Å². The Labute approximate surface area is 223 Å². The number of nitrogens with zero attached hydrogens (tertiary/aromatic N) is 1. The molecule has 3 aromatic carbocycles. The van der Waals surface area contributed by atoms with E-state index in [-0.39, 0.29) is 24.0 Å². The zero-order valence-electron chi connectivity index (χ0n) is 22.1. The number of amides is 1. The van der Waals surface area contributed by atoms with E-state index in [1.807, 2.05) is 57.2 Å². The van der Waals surface area contributed by atoms with Gasteiger partial charge in [-0.15, -0.1) is 0 Å². The van der Waals surface area contributed by atoms with Crippen molar-refractivity contribution in [2.75, 3.05) is 13.7 Å². The van der Waals surface area contributed by atoms with Gasteiger partial charge in [-0.3, -0.25) is 9.59 Å². The van der Waals surface area contributed by atoms with Crippen LogP contribution in [0.4, 0.5) is 0 Å². The molecule has 0 aliphatic carbocycles. The van der Waals surface area contributed by atoms with Gasteiger partial charge in [0.25, 0.3) is 11.7 Å². The third-order valence-electron chi connectivity index (χ3n) is 6.20. The molecular formula is C31H33NO6. The van der Waals surface area contributed by atoms with Crippen molar-refractivity contribution in [1.82, 2.24) is 4.90 Å². The fourth-order valence-electron chi connectivity index (χ4n) is 4.43. The second-order valence-corrected chi connectivity index (χ2v) is 9.39. The standard InChI is InChI=1S/C31H33NO6/c1-5-17-37-26-8-6-7-23(18-26)29(33)27-28(22-11-15-25(16-12-22)38-20(2)3)32(31(35)30(27)34)19-21-9-13-24(36-4)14-10-21/h6-16,18,20,28,33H,5,17,19H2,1-4H3/b29-27-. The van der Waals surface area contributed by atoms with Gasteiger partial charge in [0.05, 0.1) is 31.4 Å². The molecule has 7 heteroatoms. The summed E-state index contributed by atoms with van der Waals surface area (Å²) >= 11 is 0. The normalized spacial score (nSPS) is 16.7. The van der Waals surface area contributed by atoms with Crippen molar-refractivity contribution in [1.29, 1.82) is 0 Å². The van der Waals surface area contributed by atoms with E-state index < -0.39 is 17.7 Å².